The molecule has 0 aliphatic carbocycles. The van der Waals surface area contributed by atoms with Gasteiger partial charge in [0.25, 0.3) is 0 Å². The zero-order valence-electron chi connectivity index (χ0n) is 12.7. The maximum absolute atomic E-state index is 6.33. The molecule has 23 heavy (non-hydrogen) atoms. The maximum atomic E-state index is 6.33. The van der Waals surface area contributed by atoms with E-state index in [1.165, 1.54) is 24.4 Å². The van der Waals surface area contributed by atoms with E-state index in [0.29, 0.717) is 0 Å². The molecule has 122 valence electrons. The molecule has 2 aromatic rings. The first-order valence-electron chi connectivity index (χ1n) is 7.82. The molecule has 0 amide bonds. The summed E-state index contributed by atoms with van der Waals surface area (Å²) in [6.45, 7) is 3.74. The first-order valence-corrected chi connectivity index (χ1v) is 9.43. The average molecular weight is 396 g/mol. The van der Waals surface area contributed by atoms with Crippen molar-refractivity contribution >= 4 is 27.3 Å². The lowest BCUT2D eigenvalue weighted by Gasteiger charge is -2.32. The van der Waals surface area contributed by atoms with Crippen molar-refractivity contribution in [3.8, 4) is 17.2 Å². The van der Waals surface area contributed by atoms with Crippen molar-refractivity contribution in [1.82, 2.24) is 4.90 Å². The minimum atomic E-state index is 0.0302. The van der Waals surface area contributed by atoms with E-state index in [1.807, 2.05) is 18.2 Å². The highest BCUT2D eigenvalue weighted by molar-refractivity contribution is 9.11. The number of benzene rings is 1. The number of likely N-dealkylation sites (tertiary alicyclic amines) is 1. The average Bonchev–Trinajstić information content (AvgIpc) is 3.13. The topological polar surface area (TPSA) is 30.9 Å². The number of hydrogen-bond acceptors (Lipinski definition) is 5. The van der Waals surface area contributed by atoms with E-state index >= 15 is 0 Å². The molecule has 3 heterocycles. The van der Waals surface area contributed by atoms with Crippen molar-refractivity contribution in [2.75, 3.05) is 26.4 Å². The van der Waals surface area contributed by atoms with Gasteiger partial charge in [0.05, 0.1) is 3.79 Å². The van der Waals surface area contributed by atoms with Gasteiger partial charge in [0.2, 0.25) is 12.5 Å². The third kappa shape index (κ3) is 3.34. The van der Waals surface area contributed by atoms with Crippen molar-refractivity contribution in [1.29, 1.82) is 0 Å². The van der Waals surface area contributed by atoms with Gasteiger partial charge in [-0.2, -0.15) is 0 Å². The van der Waals surface area contributed by atoms with E-state index in [2.05, 4.69) is 33.0 Å². The Labute approximate surface area is 148 Å². The molecule has 2 aliphatic rings. The monoisotopic (exact) mass is 395 g/mol. The molecule has 1 unspecified atom stereocenters. The fourth-order valence-electron chi connectivity index (χ4n) is 2.82. The second-order valence-corrected chi connectivity index (χ2v) is 8.22. The quantitative estimate of drug-likeness (QED) is 0.722. The van der Waals surface area contributed by atoms with Crippen molar-refractivity contribution in [2.45, 2.75) is 18.9 Å². The highest BCUT2D eigenvalue weighted by Gasteiger charge is 2.24. The molecule has 0 saturated carbocycles. The third-order valence-corrected chi connectivity index (χ3v) is 5.91. The summed E-state index contributed by atoms with van der Waals surface area (Å²) in [6.07, 6.45) is 2.31. The Balaban J connectivity index is 1.53. The SMILES string of the molecule is Brc1ccc(C(CCN2CCC2)Oc2cccc3c2OCO3)s1. The van der Waals surface area contributed by atoms with E-state index in [1.54, 1.807) is 11.3 Å². The van der Waals surface area contributed by atoms with Crippen LogP contribution in [0.25, 0.3) is 0 Å². The highest BCUT2D eigenvalue weighted by Crippen LogP contribution is 2.43. The van der Waals surface area contributed by atoms with Crippen LogP contribution < -0.4 is 14.2 Å². The largest absolute Gasteiger partial charge is 0.481 e. The van der Waals surface area contributed by atoms with E-state index in [-0.39, 0.29) is 12.9 Å². The first-order chi connectivity index (χ1) is 11.3. The Morgan fingerprint density at radius 3 is 2.87 bits per heavy atom. The summed E-state index contributed by atoms with van der Waals surface area (Å²) in [4.78, 5) is 3.70. The summed E-state index contributed by atoms with van der Waals surface area (Å²) in [5.41, 5.74) is 0. The molecule has 0 radical (unpaired) electrons. The lowest BCUT2D eigenvalue weighted by molar-refractivity contribution is 0.126. The number of ether oxygens (including phenoxy) is 3. The molecule has 1 atom stereocenters. The fourth-order valence-corrected chi connectivity index (χ4v) is 4.30. The van der Waals surface area contributed by atoms with Gasteiger partial charge in [-0.1, -0.05) is 6.07 Å². The number of halogens is 1. The van der Waals surface area contributed by atoms with Crippen LogP contribution in [0.3, 0.4) is 0 Å². The third-order valence-electron chi connectivity index (χ3n) is 4.20. The summed E-state index contributed by atoms with van der Waals surface area (Å²) in [5.74, 6) is 2.24. The van der Waals surface area contributed by atoms with Crippen molar-refractivity contribution in [3.63, 3.8) is 0 Å². The second-order valence-electron chi connectivity index (χ2n) is 5.72. The van der Waals surface area contributed by atoms with E-state index in [0.717, 1.165) is 34.0 Å². The number of fused-ring (bicyclic) bond motifs is 1. The van der Waals surface area contributed by atoms with Gasteiger partial charge in [0.1, 0.15) is 6.10 Å². The molecular formula is C17H18BrNO3S. The Kier molecular flexibility index (Phi) is 4.46. The lowest BCUT2D eigenvalue weighted by atomic mass is 10.1. The number of para-hydroxylation sites is 1. The van der Waals surface area contributed by atoms with Crippen LogP contribution >= 0.6 is 27.3 Å². The van der Waals surface area contributed by atoms with Crippen LogP contribution in [-0.2, 0) is 0 Å². The van der Waals surface area contributed by atoms with Crippen LogP contribution in [0.15, 0.2) is 34.1 Å². The van der Waals surface area contributed by atoms with Crippen molar-refractivity contribution < 1.29 is 14.2 Å². The van der Waals surface area contributed by atoms with Crippen LogP contribution in [0, 0.1) is 0 Å². The number of hydrogen-bond donors (Lipinski definition) is 0. The Morgan fingerprint density at radius 1 is 1.22 bits per heavy atom. The number of rotatable bonds is 6. The van der Waals surface area contributed by atoms with Gasteiger partial charge >= 0.3 is 0 Å². The number of thiophene rings is 1. The molecule has 0 bridgehead atoms. The molecule has 1 saturated heterocycles. The van der Waals surface area contributed by atoms with Gasteiger partial charge in [-0.3, -0.25) is 0 Å². The summed E-state index contributed by atoms with van der Waals surface area (Å²) in [7, 11) is 0. The molecule has 4 nitrogen and oxygen atoms in total. The predicted octanol–water partition coefficient (Wildman–Crippen LogP) is 4.46. The fraction of sp³-hybridized carbons (Fsp3) is 0.412. The van der Waals surface area contributed by atoms with Crippen LogP contribution in [0.5, 0.6) is 17.2 Å². The highest BCUT2D eigenvalue weighted by atomic mass is 79.9. The second kappa shape index (κ2) is 6.71. The first kappa shape index (κ1) is 15.3. The van der Waals surface area contributed by atoms with Crippen LogP contribution in [0.4, 0.5) is 0 Å². The summed E-state index contributed by atoms with van der Waals surface area (Å²) < 4.78 is 18.5. The summed E-state index contributed by atoms with van der Waals surface area (Å²) >= 11 is 5.28. The van der Waals surface area contributed by atoms with Crippen molar-refractivity contribution in [2.24, 2.45) is 0 Å². The zero-order valence-corrected chi connectivity index (χ0v) is 15.1. The summed E-state index contributed by atoms with van der Waals surface area (Å²) in [6, 6.07) is 10.0. The smallest absolute Gasteiger partial charge is 0.231 e. The van der Waals surface area contributed by atoms with E-state index in [9.17, 15) is 0 Å². The van der Waals surface area contributed by atoms with Crippen LogP contribution in [0.2, 0.25) is 0 Å². The minimum Gasteiger partial charge on any atom is -0.481 e. The van der Waals surface area contributed by atoms with Crippen LogP contribution in [0.1, 0.15) is 23.8 Å². The Hall–Kier alpha value is -1.24. The molecule has 1 aromatic heterocycles. The normalized spacial score (nSPS) is 17.8. The van der Waals surface area contributed by atoms with Gasteiger partial charge in [-0.15, -0.1) is 11.3 Å². The van der Waals surface area contributed by atoms with Gasteiger partial charge in [-0.05, 0) is 59.7 Å². The van der Waals surface area contributed by atoms with Crippen molar-refractivity contribution in [3.05, 3.63) is 39.0 Å². The molecule has 6 heteroatoms. The molecule has 2 aliphatic heterocycles. The zero-order chi connectivity index (χ0) is 15.6. The molecular weight excluding hydrogens is 378 g/mol. The molecule has 1 aromatic carbocycles. The molecule has 0 spiro atoms. The molecule has 0 N–H and O–H groups in total. The Bertz CT molecular complexity index is 686. The van der Waals surface area contributed by atoms with Gasteiger partial charge in [0.15, 0.2) is 11.5 Å². The lowest BCUT2D eigenvalue weighted by Crippen LogP contribution is -2.38. The van der Waals surface area contributed by atoms with Crippen LogP contribution in [-0.4, -0.2) is 31.3 Å². The number of nitrogens with zero attached hydrogens (tertiary/aromatic N) is 1. The Morgan fingerprint density at radius 2 is 2.13 bits per heavy atom. The molecule has 1 fully saturated rings. The molecule has 4 rings (SSSR count). The minimum absolute atomic E-state index is 0.0302. The summed E-state index contributed by atoms with van der Waals surface area (Å²) in [5, 5.41) is 0. The predicted molar refractivity (Wildman–Crippen MR) is 93.6 cm³/mol. The van der Waals surface area contributed by atoms with Gasteiger partial charge in [-0.25, -0.2) is 0 Å². The van der Waals surface area contributed by atoms with Gasteiger partial charge in [0, 0.05) is 17.8 Å². The van der Waals surface area contributed by atoms with Gasteiger partial charge < -0.3 is 19.1 Å². The van der Waals surface area contributed by atoms with E-state index < -0.39 is 0 Å². The maximum Gasteiger partial charge on any atom is 0.231 e. The van der Waals surface area contributed by atoms with E-state index in [4.69, 9.17) is 14.2 Å². The standard InChI is InChI=1S/C17H18BrNO3S/c18-16-6-5-15(23-16)12(7-10-19-8-2-9-19)22-14-4-1-3-13-17(14)21-11-20-13/h1,3-6,12H,2,7-11H2.